The maximum atomic E-state index is 5.10. The standard InChI is InChI=1S/C10H10N4S4/c1-5-11-7(15)3-9(13-5)17-18-10-4-8(16)12-6(2)14-10/h3-4H,1-2H3,(H,11,13,15)(H,12,14,16). The number of H-pyrrole nitrogens is 2. The SMILES string of the molecule is Cc1nc(SSc2cc(=S)[nH]c(C)n2)cc(=S)[nH]1. The fourth-order valence-electron chi connectivity index (χ4n) is 1.27. The van der Waals surface area contributed by atoms with Crippen LogP contribution in [0.2, 0.25) is 0 Å². The van der Waals surface area contributed by atoms with Gasteiger partial charge in [0.05, 0.1) is 0 Å². The number of nitrogens with one attached hydrogen (secondary N) is 2. The van der Waals surface area contributed by atoms with E-state index in [1.54, 1.807) is 0 Å². The van der Waals surface area contributed by atoms with E-state index in [-0.39, 0.29) is 0 Å². The summed E-state index contributed by atoms with van der Waals surface area (Å²) in [4.78, 5) is 14.6. The van der Waals surface area contributed by atoms with E-state index < -0.39 is 0 Å². The van der Waals surface area contributed by atoms with Crippen LogP contribution in [-0.2, 0) is 0 Å². The van der Waals surface area contributed by atoms with Gasteiger partial charge in [0.2, 0.25) is 0 Å². The third kappa shape index (κ3) is 3.91. The maximum Gasteiger partial charge on any atom is 0.112 e. The van der Waals surface area contributed by atoms with Gasteiger partial charge in [-0.2, -0.15) is 0 Å². The molecule has 0 aliphatic carbocycles. The van der Waals surface area contributed by atoms with Gasteiger partial charge in [-0.05, 0) is 35.4 Å². The summed E-state index contributed by atoms with van der Waals surface area (Å²) < 4.78 is 1.36. The first-order chi connectivity index (χ1) is 8.52. The molecule has 0 fully saturated rings. The lowest BCUT2D eigenvalue weighted by atomic mass is 10.6. The lowest BCUT2D eigenvalue weighted by molar-refractivity contribution is 0.957. The van der Waals surface area contributed by atoms with Crippen LogP contribution in [0.4, 0.5) is 0 Å². The quantitative estimate of drug-likeness (QED) is 0.507. The van der Waals surface area contributed by atoms with Crippen molar-refractivity contribution in [1.29, 1.82) is 0 Å². The van der Waals surface area contributed by atoms with Crippen LogP contribution in [0.3, 0.4) is 0 Å². The summed E-state index contributed by atoms with van der Waals surface area (Å²) in [6.07, 6.45) is 0. The van der Waals surface area contributed by atoms with Crippen LogP contribution in [0.15, 0.2) is 22.2 Å². The molecule has 4 nitrogen and oxygen atoms in total. The first kappa shape index (κ1) is 13.7. The highest BCUT2D eigenvalue weighted by molar-refractivity contribution is 8.76. The van der Waals surface area contributed by atoms with Gasteiger partial charge >= 0.3 is 0 Å². The first-order valence-electron chi connectivity index (χ1n) is 5.03. The molecule has 2 aromatic heterocycles. The van der Waals surface area contributed by atoms with Crippen molar-refractivity contribution in [2.75, 3.05) is 0 Å². The fourth-order valence-corrected chi connectivity index (χ4v) is 3.82. The van der Waals surface area contributed by atoms with Gasteiger partial charge in [-0.3, -0.25) is 0 Å². The van der Waals surface area contributed by atoms with Crippen LogP contribution in [0.5, 0.6) is 0 Å². The summed E-state index contributed by atoms with van der Waals surface area (Å²) in [5.74, 6) is 1.61. The number of aromatic nitrogens is 4. The van der Waals surface area contributed by atoms with Gasteiger partial charge < -0.3 is 9.97 Å². The molecular formula is C10H10N4S4. The van der Waals surface area contributed by atoms with E-state index in [4.69, 9.17) is 24.4 Å². The minimum Gasteiger partial charge on any atom is -0.335 e. The van der Waals surface area contributed by atoms with E-state index in [0.29, 0.717) is 9.28 Å². The maximum absolute atomic E-state index is 5.10. The highest BCUT2D eigenvalue weighted by Crippen LogP contribution is 2.34. The zero-order valence-electron chi connectivity index (χ0n) is 9.68. The van der Waals surface area contributed by atoms with Crippen molar-refractivity contribution in [1.82, 2.24) is 19.9 Å². The predicted octanol–water partition coefficient (Wildman–Crippen LogP) is 4.01. The molecule has 0 atom stereocenters. The Morgan fingerprint density at radius 3 is 1.61 bits per heavy atom. The molecule has 2 aromatic rings. The van der Waals surface area contributed by atoms with E-state index >= 15 is 0 Å². The van der Waals surface area contributed by atoms with Crippen LogP contribution in [0.25, 0.3) is 0 Å². The van der Waals surface area contributed by atoms with Gasteiger partial charge in [0, 0.05) is 12.1 Å². The molecule has 0 aromatic carbocycles. The summed E-state index contributed by atoms with van der Waals surface area (Å²) in [6, 6.07) is 3.66. The Morgan fingerprint density at radius 1 is 0.889 bits per heavy atom. The molecular weight excluding hydrogens is 304 g/mol. The molecule has 8 heteroatoms. The summed E-state index contributed by atoms with van der Waals surface area (Å²) in [5, 5.41) is 1.72. The lowest BCUT2D eigenvalue weighted by Gasteiger charge is -2.02. The van der Waals surface area contributed by atoms with E-state index in [1.807, 2.05) is 26.0 Å². The van der Waals surface area contributed by atoms with Gasteiger partial charge in [0.15, 0.2) is 0 Å². The molecule has 0 saturated carbocycles. The zero-order chi connectivity index (χ0) is 13.1. The van der Waals surface area contributed by atoms with Crippen molar-refractivity contribution in [3.8, 4) is 0 Å². The van der Waals surface area contributed by atoms with Crippen LogP contribution >= 0.6 is 46.0 Å². The van der Waals surface area contributed by atoms with E-state index in [0.717, 1.165) is 21.7 Å². The van der Waals surface area contributed by atoms with Crippen molar-refractivity contribution in [2.45, 2.75) is 23.9 Å². The molecule has 0 bridgehead atoms. The van der Waals surface area contributed by atoms with Crippen molar-refractivity contribution in [3.05, 3.63) is 33.1 Å². The average Bonchev–Trinajstić information content (AvgIpc) is 2.23. The average molecular weight is 314 g/mol. The summed E-state index contributed by atoms with van der Waals surface area (Å²) in [5.41, 5.74) is 0. The summed E-state index contributed by atoms with van der Waals surface area (Å²) >= 11 is 10.2. The van der Waals surface area contributed by atoms with Gasteiger partial charge in [0.1, 0.15) is 31.0 Å². The Labute approximate surface area is 122 Å². The molecule has 94 valence electrons. The van der Waals surface area contributed by atoms with E-state index in [1.165, 1.54) is 21.6 Å². The second-order valence-electron chi connectivity index (χ2n) is 3.50. The molecule has 0 amide bonds. The monoisotopic (exact) mass is 314 g/mol. The molecule has 2 heterocycles. The highest BCUT2D eigenvalue weighted by Gasteiger charge is 2.02. The van der Waals surface area contributed by atoms with Crippen molar-refractivity contribution in [3.63, 3.8) is 0 Å². The minimum absolute atomic E-state index is 0.681. The summed E-state index contributed by atoms with van der Waals surface area (Å²) in [7, 11) is 3.03. The Kier molecular flexibility index (Phi) is 4.55. The van der Waals surface area contributed by atoms with Crippen molar-refractivity contribution < 1.29 is 0 Å². The molecule has 0 radical (unpaired) electrons. The molecule has 2 rings (SSSR count). The number of hydrogen-bond donors (Lipinski definition) is 2. The number of aryl methyl sites for hydroxylation is 2. The molecule has 0 saturated heterocycles. The molecule has 0 aliphatic rings. The number of aromatic amines is 2. The highest BCUT2D eigenvalue weighted by atomic mass is 33.1. The van der Waals surface area contributed by atoms with Crippen molar-refractivity contribution >= 4 is 46.0 Å². The topological polar surface area (TPSA) is 57.4 Å². The Hall–Kier alpha value is -0.700. The molecule has 0 spiro atoms. The second-order valence-corrected chi connectivity index (χ2v) is 6.55. The van der Waals surface area contributed by atoms with Crippen LogP contribution in [-0.4, -0.2) is 19.9 Å². The molecule has 18 heavy (non-hydrogen) atoms. The minimum atomic E-state index is 0.681. The van der Waals surface area contributed by atoms with Gasteiger partial charge in [-0.15, -0.1) is 0 Å². The normalized spacial score (nSPS) is 10.6. The number of rotatable bonds is 3. The third-order valence-corrected chi connectivity index (χ3v) is 4.44. The summed E-state index contributed by atoms with van der Waals surface area (Å²) in [6.45, 7) is 3.76. The van der Waals surface area contributed by atoms with Crippen LogP contribution < -0.4 is 0 Å². The molecule has 0 aliphatic heterocycles. The van der Waals surface area contributed by atoms with Gasteiger partial charge in [-0.1, -0.05) is 24.4 Å². The Morgan fingerprint density at radius 2 is 1.28 bits per heavy atom. The Bertz CT molecular complexity index is 617. The zero-order valence-corrected chi connectivity index (χ0v) is 12.9. The van der Waals surface area contributed by atoms with E-state index in [9.17, 15) is 0 Å². The number of hydrogen-bond acceptors (Lipinski definition) is 6. The fraction of sp³-hybridized carbons (Fsp3) is 0.200. The predicted molar refractivity (Wildman–Crippen MR) is 80.0 cm³/mol. The second kappa shape index (κ2) is 5.96. The lowest BCUT2D eigenvalue weighted by Crippen LogP contribution is -1.90. The largest absolute Gasteiger partial charge is 0.335 e. The number of nitrogens with zero attached hydrogens (tertiary/aromatic N) is 2. The van der Waals surface area contributed by atoms with E-state index in [2.05, 4.69) is 19.9 Å². The molecule has 0 unspecified atom stereocenters. The molecule has 2 N–H and O–H groups in total. The van der Waals surface area contributed by atoms with Gasteiger partial charge in [-0.25, -0.2) is 9.97 Å². The smallest absolute Gasteiger partial charge is 0.112 e. The Balaban J connectivity index is 2.16. The van der Waals surface area contributed by atoms with Crippen LogP contribution in [0.1, 0.15) is 11.6 Å². The van der Waals surface area contributed by atoms with Crippen LogP contribution in [0, 0.1) is 23.1 Å². The van der Waals surface area contributed by atoms with Crippen molar-refractivity contribution in [2.24, 2.45) is 0 Å². The first-order valence-corrected chi connectivity index (χ1v) is 8.00. The third-order valence-electron chi connectivity index (χ3n) is 1.89. The van der Waals surface area contributed by atoms with Gasteiger partial charge in [0.25, 0.3) is 0 Å².